The highest BCUT2D eigenvalue weighted by atomic mass is 16.2. The topological polar surface area (TPSA) is 79.6 Å². The Morgan fingerprint density at radius 2 is 1.93 bits per heavy atom. The standard InChI is InChI=1S/C23H31N5O2/c1-14-18(10-11-22(29)25-17-8-9-17)15(2)28-21(24-14)13-19(26-28)20-5-3-4-12-27(20)23(30)16-6-7-16/h13,16-17,20H,3-12H2,1-2H3,(H,25,29)/t20-/m1/s1. The number of fused-ring (bicyclic) bond motifs is 1. The Morgan fingerprint density at radius 3 is 2.67 bits per heavy atom. The van der Waals surface area contributed by atoms with Crippen LogP contribution in [0.5, 0.6) is 0 Å². The van der Waals surface area contributed by atoms with Crippen LogP contribution in [0.1, 0.15) is 80.1 Å². The molecule has 1 atom stereocenters. The number of nitrogens with one attached hydrogen (secondary N) is 1. The minimum Gasteiger partial charge on any atom is -0.353 e. The molecule has 2 aliphatic carbocycles. The summed E-state index contributed by atoms with van der Waals surface area (Å²) in [5.41, 5.74) is 4.87. The molecule has 3 heterocycles. The van der Waals surface area contributed by atoms with Crippen LogP contribution < -0.4 is 5.32 Å². The highest BCUT2D eigenvalue weighted by molar-refractivity contribution is 5.81. The van der Waals surface area contributed by atoms with Crippen LogP contribution in [-0.4, -0.2) is 43.9 Å². The van der Waals surface area contributed by atoms with E-state index in [1.807, 2.05) is 17.5 Å². The Kier molecular flexibility index (Phi) is 4.99. The van der Waals surface area contributed by atoms with Gasteiger partial charge in [0.2, 0.25) is 11.8 Å². The molecule has 7 nitrogen and oxygen atoms in total. The van der Waals surface area contributed by atoms with Gasteiger partial charge >= 0.3 is 0 Å². The van der Waals surface area contributed by atoms with Crippen LogP contribution in [0.15, 0.2) is 6.07 Å². The van der Waals surface area contributed by atoms with E-state index < -0.39 is 0 Å². The minimum atomic E-state index is 0.0565. The lowest BCUT2D eigenvalue weighted by Crippen LogP contribution is -2.39. The summed E-state index contributed by atoms with van der Waals surface area (Å²) in [5, 5.41) is 7.95. The van der Waals surface area contributed by atoms with Crippen molar-refractivity contribution in [3.63, 3.8) is 0 Å². The van der Waals surface area contributed by atoms with Gasteiger partial charge in [0.15, 0.2) is 5.65 Å². The molecule has 5 rings (SSSR count). The first-order valence-corrected chi connectivity index (χ1v) is 11.5. The highest BCUT2D eigenvalue weighted by Crippen LogP contribution is 2.38. The maximum Gasteiger partial charge on any atom is 0.226 e. The van der Waals surface area contributed by atoms with E-state index in [-0.39, 0.29) is 17.9 Å². The molecule has 0 radical (unpaired) electrons. The molecule has 0 aromatic carbocycles. The fraction of sp³-hybridized carbons (Fsp3) is 0.652. The van der Waals surface area contributed by atoms with Gasteiger partial charge in [-0.15, -0.1) is 0 Å². The van der Waals surface area contributed by atoms with Gasteiger partial charge in [-0.2, -0.15) is 5.10 Å². The fourth-order valence-corrected chi connectivity index (χ4v) is 4.70. The summed E-state index contributed by atoms with van der Waals surface area (Å²) < 4.78 is 1.91. The molecule has 2 amide bonds. The van der Waals surface area contributed by atoms with Crippen molar-refractivity contribution in [3.05, 3.63) is 28.7 Å². The molecule has 1 aliphatic heterocycles. The van der Waals surface area contributed by atoms with Gasteiger partial charge in [-0.05, 0) is 70.8 Å². The van der Waals surface area contributed by atoms with Gasteiger partial charge < -0.3 is 10.2 Å². The van der Waals surface area contributed by atoms with E-state index in [0.29, 0.717) is 24.8 Å². The number of likely N-dealkylation sites (tertiary alicyclic amines) is 1. The maximum absolute atomic E-state index is 12.8. The number of hydrogen-bond donors (Lipinski definition) is 1. The SMILES string of the molecule is Cc1nc2cc([C@H]3CCCCN3C(=O)C3CC3)nn2c(C)c1CCC(=O)NC1CC1. The van der Waals surface area contributed by atoms with Crippen LogP contribution >= 0.6 is 0 Å². The van der Waals surface area contributed by atoms with Gasteiger partial charge in [0.05, 0.1) is 11.7 Å². The molecule has 160 valence electrons. The van der Waals surface area contributed by atoms with E-state index in [9.17, 15) is 9.59 Å². The van der Waals surface area contributed by atoms with Crippen LogP contribution in [0.2, 0.25) is 0 Å². The second kappa shape index (κ2) is 7.67. The number of carbonyl (C=O) groups is 2. The molecular weight excluding hydrogens is 378 g/mol. The summed E-state index contributed by atoms with van der Waals surface area (Å²) in [7, 11) is 0. The van der Waals surface area contributed by atoms with Crippen molar-refractivity contribution in [2.24, 2.45) is 5.92 Å². The summed E-state index contributed by atoms with van der Waals surface area (Å²) in [5.74, 6) is 0.659. The number of aryl methyl sites for hydroxylation is 2. The van der Waals surface area contributed by atoms with Crippen molar-refractivity contribution in [3.8, 4) is 0 Å². The average Bonchev–Trinajstić information content (AvgIpc) is 3.66. The van der Waals surface area contributed by atoms with Crippen molar-refractivity contribution < 1.29 is 9.59 Å². The summed E-state index contributed by atoms with van der Waals surface area (Å²) >= 11 is 0. The molecule has 3 fully saturated rings. The third-order valence-electron chi connectivity index (χ3n) is 6.78. The second-order valence-electron chi connectivity index (χ2n) is 9.26. The summed E-state index contributed by atoms with van der Waals surface area (Å²) in [4.78, 5) is 31.8. The van der Waals surface area contributed by atoms with Gasteiger partial charge in [-0.25, -0.2) is 9.50 Å². The molecule has 2 saturated carbocycles. The molecule has 2 aromatic heterocycles. The quantitative estimate of drug-likeness (QED) is 0.795. The van der Waals surface area contributed by atoms with Crippen molar-refractivity contribution in [1.29, 1.82) is 0 Å². The predicted octanol–water partition coefficient (Wildman–Crippen LogP) is 3.02. The average molecular weight is 410 g/mol. The number of piperidine rings is 1. The van der Waals surface area contributed by atoms with Crippen LogP contribution in [0, 0.1) is 19.8 Å². The maximum atomic E-state index is 12.8. The Labute approximate surface area is 177 Å². The van der Waals surface area contributed by atoms with E-state index in [1.165, 1.54) is 0 Å². The first-order valence-electron chi connectivity index (χ1n) is 11.5. The molecule has 0 unspecified atom stereocenters. The number of hydrogen-bond acceptors (Lipinski definition) is 4. The third-order valence-corrected chi connectivity index (χ3v) is 6.78. The zero-order valence-electron chi connectivity index (χ0n) is 18.0. The van der Waals surface area contributed by atoms with E-state index in [4.69, 9.17) is 10.1 Å². The van der Waals surface area contributed by atoms with Crippen molar-refractivity contribution in [1.82, 2.24) is 24.8 Å². The van der Waals surface area contributed by atoms with Gasteiger partial charge in [-0.1, -0.05) is 0 Å². The van der Waals surface area contributed by atoms with Gasteiger partial charge in [0.1, 0.15) is 0 Å². The molecule has 1 N–H and O–H groups in total. The fourth-order valence-electron chi connectivity index (χ4n) is 4.70. The molecule has 3 aliphatic rings. The van der Waals surface area contributed by atoms with Crippen LogP contribution in [0.3, 0.4) is 0 Å². The van der Waals surface area contributed by atoms with Gasteiger partial charge in [0, 0.05) is 42.4 Å². The van der Waals surface area contributed by atoms with Crippen molar-refractivity contribution in [2.75, 3.05) is 6.54 Å². The second-order valence-corrected chi connectivity index (χ2v) is 9.26. The highest BCUT2D eigenvalue weighted by Gasteiger charge is 2.38. The number of carbonyl (C=O) groups excluding carboxylic acids is 2. The number of aromatic nitrogens is 3. The molecule has 30 heavy (non-hydrogen) atoms. The lowest BCUT2D eigenvalue weighted by atomic mass is 9.98. The van der Waals surface area contributed by atoms with Crippen LogP contribution in [0.4, 0.5) is 0 Å². The largest absolute Gasteiger partial charge is 0.353 e. The number of rotatable bonds is 6. The molecule has 2 aromatic rings. The molecule has 7 heteroatoms. The minimum absolute atomic E-state index is 0.0565. The smallest absolute Gasteiger partial charge is 0.226 e. The molecular formula is C23H31N5O2. The van der Waals surface area contributed by atoms with E-state index >= 15 is 0 Å². The zero-order chi connectivity index (χ0) is 20.8. The van der Waals surface area contributed by atoms with Crippen molar-refractivity contribution >= 4 is 17.5 Å². The van der Waals surface area contributed by atoms with E-state index in [2.05, 4.69) is 17.1 Å². The first kappa shape index (κ1) is 19.5. The lowest BCUT2D eigenvalue weighted by molar-refractivity contribution is -0.136. The van der Waals surface area contributed by atoms with E-state index in [1.54, 1.807) is 0 Å². The van der Waals surface area contributed by atoms with E-state index in [0.717, 1.165) is 79.8 Å². The number of nitrogens with zero attached hydrogens (tertiary/aromatic N) is 4. The summed E-state index contributed by atoms with van der Waals surface area (Å²) in [6, 6.07) is 2.50. The first-order chi connectivity index (χ1) is 14.5. The van der Waals surface area contributed by atoms with Gasteiger partial charge in [0.25, 0.3) is 0 Å². The summed E-state index contributed by atoms with van der Waals surface area (Å²) in [6.07, 6.45) is 8.59. The number of amides is 2. The Balaban J connectivity index is 1.39. The van der Waals surface area contributed by atoms with Crippen LogP contribution in [-0.2, 0) is 16.0 Å². The molecule has 1 saturated heterocycles. The predicted molar refractivity (Wildman–Crippen MR) is 113 cm³/mol. The normalized spacial score (nSPS) is 21.8. The lowest BCUT2D eigenvalue weighted by Gasteiger charge is -2.35. The van der Waals surface area contributed by atoms with Crippen molar-refractivity contribution in [2.45, 2.75) is 83.7 Å². The zero-order valence-corrected chi connectivity index (χ0v) is 18.0. The molecule has 0 bridgehead atoms. The third kappa shape index (κ3) is 3.82. The molecule has 0 spiro atoms. The Bertz CT molecular complexity index is 989. The Morgan fingerprint density at radius 1 is 1.13 bits per heavy atom. The van der Waals surface area contributed by atoms with Gasteiger partial charge in [-0.3, -0.25) is 9.59 Å². The van der Waals surface area contributed by atoms with Crippen LogP contribution in [0.25, 0.3) is 5.65 Å². The summed E-state index contributed by atoms with van der Waals surface area (Å²) in [6.45, 7) is 4.90. The Hall–Kier alpha value is -2.44. The monoisotopic (exact) mass is 409 g/mol.